The third kappa shape index (κ3) is 8.29. The topological polar surface area (TPSA) is 73.7 Å². The SMILES string of the molecule is COc1ccc(CN(Cc2ccc(C)cc2)c2nc(Nc3cc(C)cc(Oc4ccccc4)c3)nn2Cc2ccc(OC)cc2)cc1. The van der Waals surface area contributed by atoms with E-state index in [2.05, 4.69) is 71.7 Å². The van der Waals surface area contributed by atoms with E-state index in [1.807, 2.05) is 78.3 Å². The van der Waals surface area contributed by atoms with Gasteiger partial charge >= 0.3 is 0 Å². The Balaban J connectivity index is 1.36. The quantitative estimate of drug-likeness (QED) is 0.138. The fraction of sp³-hybridized carbons (Fsp3) is 0.179. The zero-order chi connectivity index (χ0) is 32.6. The lowest BCUT2D eigenvalue weighted by molar-refractivity contribution is 0.414. The molecule has 1 heterocycles. The molecule has 1 N–H and O–H groups in total. The van der Waals surface area contributed by atoms with Crippen LogP contribution >= 0.6 is 0 Å². The van der Waals surface area contributed by atoms with Gasteiger partial charge in [0.2, 0.25) is 11.9 Å². The second-order valence-electron chi connectivity index (χ2n) is 11.5. The van der Waals surface area contributed by atoms with Crippen LogP contribution in [-0.4, -0.2) is 29.0 Å². The monoisotopic (exact) mass is 625 g/mol. The first kappa shape index (κ1) is 31.2. The first-order chi connectivity index (χ1) is 22.9. The van der Waals surface area contributed by atoms with Gasteiger partial charge in [0.15, 0.2) is 0 Å². The van der Waals surface area contributed by atoms with Gasteiger partial charge in [-0.3, -0.25) is 0 Å². The van der Waals surface area contributed by atoms with Crippen LogP contribution in [0.25, 0.3) is 0 Å². The Kier molecular flexibility index (Phi) is 9.67. The van der Waals surface area contributed by atoms with Crippen molar-refractivity contribution in [3.63, 3.8) is 0 Å². The van der Waals surface area contributed by atoms with E-state index in [9.17, 15) is 0 Å². The van der Waals surface area contributed by atoms with Gasteiger partial charge in [0.25, 0.3) is 0 Å². The van der Waals surface area contributed by atoms with Gasteiger partial charge in [-0.05, 0) is 84.6 Å². The number of para-hydroxylation sites is 1. The molecule has 8 nitrogen and oxygen atoms in total. The van der Waals surface area contributed by atoms with Crippen LogP contribution in [0.4, 0.5) is 17.6 Å². The summed E-state index contributed by atoms with van der Waals surface area (Å²) in [5, 5.41) is 8.45. The Morgan fingerprint density at radius 1 is 0.617 bits per heavy atom. The van der Waals surface area contributed by atoms with Crippen LogP contribution in [0.15, 0.2) is 121 Å². The smallest absolute Gasteiger partial charge is 0.248 e. The highest BCUT2D eigenvalue weighted by Crippen LogP contribution is 2.29. The van der Waals surface area contributed by atoms with E-state index in [1.54, 1.807) is 14.2 Å². The van der Waals surface area contributed by atoms with Gasteiger partial charge in [-0.2, -0.15) is 4.98 Å². The van der Waals surface area contributed by atoms with Crippen molar-refractivity contribution in [1.82, 2.24) is 14.8 Å². The molecule has 0 bridgehead atoms. The minimum atomic E-state index is 0.494. The summed E-state index contributed by atoms with van der Waals surface area (Å²) >= 11 is 0. The fourth-order valence-electron chi connectivity index (χ4n) is 5.33. The molecule has 0 amide bonds. The first-order valence-corrected chi connectivity index (χ1v) is 15.6. The lowest BCUT2D eigenvalue weighted by Gasteiger charge is -2.24. The van der Waals surface area contributed by atoms with Crippen molar-refractivity contribution >= 4 is 17.6 Å². The van der Waals surface area contributed by atoms with E-state index in [0.717, 1.165) is 51.3 Å². The molecule has 6 rings (SSSR count). The summed E-state index contributed by atoms with van der Waals surface area (Å²) in [6.07, 6.45) is 0. The van der Waals surface area contributed by atoms with Crippen LogP contribution in [0.1, 0.15) is 27.8 Å². The molecule has 0 aliphatic heterocycles. The second-order valence-corrected chi connectivity index (χ2v) is 11.5. The molecule has 8 heteroatoms. The minimum Gasteiger partial charge on any atom is -0.497 e. The van der Waals surface area contributed by atoms with Crippen molar-refractivity contribution in [3.8, 4) is 23.0 Å². The van der Waals surface area contributed by atoms with Crippen LogP contribution < -0.4 is 24.4 Å². The molecule has 5 aromatic carbocycles. The van der Waals surface area contributed by atoms with E-state index in [1.165, 1.54) is 11.1 Å². The van der Waals surface area contributed by atoms with E-state index in [4.69, 9.17) is 24.3 Å². The number of anilines is 3. The predicted octanol–water partition coefficient (Wildman–Crippen LogP) is 8.70. The number of rotatable bonds is 13. The number of ether oxygens (including phenoxy) is 3. The van der Waals surface area contributed by atoms with Crippen LogP contribution in [0.5, 0.6) is 23.0 Å². The number of hydrogen-bond acceptors (Lipinski definition) is 7. The maximum absolute atomic E-state index is 6.15. The number of hydrogen-bond donors (Lipinski definition) is 1. The number of nitrogens with zero attached hydrogens (tertiary/aromatic N) is 4. The van der Waals surface area contributed by atoms with E-state index < -0.39 is 0 Å². The lowest BCUT2D eigenvalue weighted by Crippen LogP contribution is -2.26. The molecule has 47 heavy (non-hydrogen) atoms. The molecule has 0 spiro atoms. The standard InChI is InChI=1S/C39H39N5O3/c1-28-10-12-30(13-11-28)25-43(26-31-14-18-34(45-3)19-15-31)39-41-38(42-44(39)27-32-16-20-35(46-4)21-17-32)40-33-22-29(2)23-37(24-33)47-36-8-6-5-7-9-36/h5-24H,25-27H2,1-4H3,(H,40,42). The van der Waals surface area contributed by atoms with Gasteiger partial charge in [-0.25, -0.2) is 4.68 Å². The average Bonchev–Trinajstić information content (AvgIpc) is 3.47. The summed E-state index contributed by atoms with van der Waals surface area (Å²) in [5.74, 6) is 4.38. The molecule has 0 aliphatic carbocycles. The Labute approximate surface area is 276 Å². The van der Waals surface area contributed by atoms with Crippen LogP contribution in [0.3, 0.4) is 0 Å². The summed E-state index contributed by atoms with van der Waals surface area (Å²) in [4.78, 5) is 7.36. The van der Waals surface area contributed by atoms with Crippen molar-refractivity contribution < 1.29 is 14.2 Å². The second kappa shape index (κ2) is 14.6. The maximum atomic E-state index is 6.15. The number of methoxy groups -OCH3 is 2. The highest BCUT2D eigenvalue weighted by atomic mass is 16.5. The highest BCUT2D eigenvalue weighted by Gasteiger charge is 2.20. The molecule has 238 valence electrons. The molecule has 0 atom stereocenters. The number of benzene rings is 5. The molecule has 0 saturated heterocycles. The first-order valence-electron chi connectivity index (χ1n) is 15.6. The third-order valence-electron chi connectivity index (χ3n) is 7.74. The van der Waals surface area contributed by atoms with Gasteiger partial charge in [-0.1, -0.05) is 72.3 Å². The highest BCUT2D eigenvalue weighted by molar-refractivity contribution is 5.59. The summed E-state index contributed by atoms with van der Waals surface area (Å²) < 4.78 is 18.9. The molecule has 0 fully saturated rings. The summed E-state index contributed by atoms with van der Waals surface area (Å²) in [6, 6.07) is 40.6. The minimum absolute atomic E-state index is 0.494. The Bertz CT molecular complexity index is 1890. The van der Waals surface area contributed by atoms with Crippen LogP contribution in [0.2, 0.25) is 0 Å². The van der Waals surface area contributed by atoms with Crippen LogP contribution in [-0.2, 0) is 19.6 Å². The molecule has 0 radical (unpaired) electrons. The number of aryl methyl sites for hydroxylation is 2. The predicted molar refractivity (Wildman–Crippen MR) is 187 cm³/mol. The Morgan fingerprint density at radius 3 is 1.83 bits per heavy atom. The van der Waals surface area contributed by atoms with Gasteiger partial charge in [0, 0.05) is 24.8 Å². The van der Waals surface area contributed by atoms with Crippen LogP contribution in [0, 0.1) is 13.8 Å². The van der Waals surface area contributed by atoms with Crippen molar-refractivity contribution in [1.29, 1.82) is 0 Å². The molecule has 1 aromatic heterocycles. The van der Waals surface area contributed by atoms with E-state index in [0.29, 0.717) is 25.6 Å². The number of nitrogens with one attached hydrogen (secondary N) is 1. The van der Waals surface area contributed by atoms with Crippen molar-refractivity contribution in [2.75, 3.05) is 24.4 Å². The fourth-order valence-corrected chi connectivity index (χ4v) is 5.33. The lowest BCUT2D eigenvalue weighted by atomic mass is 10.1. The molecule has 0 aliphatic rings. The van der Waals surface area contributed by atoms with Crippen molar-refractivity contribution in [3.05, 3.63) is 149 Å². The largest absolute Gasteiger partial charge is 0.497 e. The summed E-state index contributed by atoms with van der Waals surface area (Å²) in [5.41, 5.74) is 6.51. The summed E-state index contributed by atoms with van der Waals surface area (Å²) in [6.45, 7) is 5.94. The third-order valence-corrected chi connectivity index (χ3v) is 7.74. The van der Waals surface area contributed by atoms with Gasteiger partial charge in [-0.15, -0.1) is 5.10 Å². The normalized spacial score (nSPS) is 10.8. The number of aromatic nitrogens is 3. The molecule has 0 saturated carbocycles. The summed E-state index contributed by atoms with van der Waals surface area (Å²) in [7, 11) is 3.35. The molecule has 6 aromatic rings. The zero-order valence-electron chi connectivity index (χ0n) is 27.2. The van der Waals surface area contributed by atoms with Gasteiger partial charge in [0.1, 0.15) is 23.0 Å². The molecule has 0 unspecified atom stereocenters. The Hall–Kier alpha value is -5.76. The Morgan fingerprint density at radius 2 is 1.21 bits per heavy atom. The van der Waals surface area contributed by atoms with Gasteiger partial charge < -0.3 is 24.4 Å². The van der Waals surface area contributed by atoms with Crippen molar-refractivity contribution in [2.45, 2.75) is 33.5 Å². The van der Waals surface area contributed by atoms with E-state index >= 15 is 0 Å². The molecular weight excluding hydrogens is 586 g/mol. The maximum Gasteiger partial charge on any atom is 0.248 e. The molecular formula is C39H39N5O3. The van der Waals surface area contributed by atoms with Crippen molar-refractivity contribution in [2.24, 2.45) is 0 Å². The zero-order valence-corrected chi connectivity index (χ0v) is 27.2. The average molecular weight is 626 g/mol. The van der Waals surface area contributed by atoms with E-state index in [-0.39, 0.29) is 0 Å². The van der Waals surface area contributed by atoms with Gasteiger partial charge in [0.05, 0.1) is 20.8 Å².